The highest BCUT2D eigenvalue weighted by molar-refractivity contribution is 7.85. The summed E-state index contributed by atoms with van der Waals surface area (Å²) in [6, 6.07) is 10.1. The van der Waals surface area contributed by atoms with E-state index >= 15 is 0 Å². The summed E-state index contributed by atoms with van der Waals surface area (Å²) in [4.78, 5) is 12.6. The fourth-order valence-electron chi connectivity index (χ4n) is 1.94. The third kappa shape index (κ3) is 2.95. The number of ether oxygens (including phenoxy) is 2. The Morgan fingerprint density at radius 2 is 1.81 bits per heavy atom. The molecule has 2 aromatic carbocycles. The molecule has 4 nitrogen and oxygen atoms in total. The van der Waals surface area contributed by atoms with E-state index in [0.29, 0.717) is 22.0 Å². The van der Waals surface area contributed by atoms with Crippen molar-refractivity contribution in [3.63, 3.8) is 0 Å². The van der Waals surface area contributed by atoms with E-state index in [1.54, 1.807) is 18.2 Å². The number of Topliss-reactive ketones (excluding diaryl/α,β-unsaturated/α-hetero) is 1. The number of carbonyl (C=O) groups excluding carboxylic acids is 1. The number of hydrogen-bond acceptors (Lipinski definition) is 4. The van der Waals surface area contributed by atoms with E-state index in [1.165, 1.54) is 24.3 Å². The van der Waals surface area contributed by atoms with Gasteiger partial charge >= 0.3 is 0 Å². The van der Waals surface area contributed by atoms with Gasteiger partial charge in [-0.3, -0.25) is 9.00 Å². The molecule has 21 heavy (non-hydrogen) atoms. The monoisotopic (exact) mass is 306 g/mol. The van der Waals surface area contributed by atoms with Gasteiger partial charge in [-0.15, -0.1) is 0 Å². The number of rotatable bonds is 4. The van der Waals surface area contributed by atoms with E-state index in [2.05, 4.69) is 0 Å². The smallest absolute Gasteiger partial charge is 0.231 e. The fourth-order valence-corrected chi connectivity index (χ4v) is 2.95. The Morgan fingerprint density at radius 3 is 2.57 bits per heavy atom. The largest absolute Gasteiger partial charge is 0.454 e. The Kier molecular flexibility index (Phi) is 3.70. The minimum atomic E-state index is -1.51. The molecule has 2 aromatic rings. The highest BCUT2D eigenvalue weighted by Gasteiger charge is 2.18. The van der Waals surface area contributed by atoms with Gasteiger partial charge in [0.2, 0.25) is 6.79 Å². The first-order valence-electron chi connectivity index (χ1n) is 6.20. The second-order valence-corrected chi connectivity index (χ2v) is 5.89. The van der Waals surface area contributed by atoms with Crippen LogP contribution in [0.1, 0.15) is 10.4 Å². The maximum absolute atomic E-state index is 12.8. The van der Waals surface area contributed by atoms with Crippen molar-refractivity contribution in [2.75, 3.05) is 12.5 Å². The molecule has 0 aliphatic carbocycles. The first kappa shape index (κ1) is 13.8. The summed E-state index contributed by atoms with van der Waals surface area (Å²) >= 11 is 0. The van der Waals surface area contributed by atoms with Crippen LogP contribution in [0, 0.1) is 5.82 Å². The first-order chi connectivity index (χ1) is 10.1. The molecule has 0 saturated heterocycles. The zero-order valence-electron chi connectivity index (χ0n) is 10.9. The lowest BCUT2D eigenvalue weighted by Gasteiger charge is -2.03. The molecule has 0 bridgehead atoms. The van der Waals surface area contributed by atoms with Gasteiger partial charge in [-0.05, 0) is 42.5 Å². The molecule has 108 valence electrons. The van der Waals surface area contributed by atoms with Gasteiger partial charge < -0.3 is 9.47 Å². The Hall–Kier alpha value is -2.21. The molecule has 0 radical (unpaired) electrons. The molecular weight excluding hydrogens is 295 g/mol. The van der Waals surface area contributed by atoms with Crippen LogP contribution in [0.3, 0.4) is 0 Å². The van der Waals surface area contributed by atoms with Crippen molar-refractivity contribution in [3.8, 4) is 11.5 Å². The molecule has 0 spiro atoms. The molecule has 1 unspecified atom stereocenters. The maximum Gasteiger partial charge on any atom is 0.231 e. The third-order valence-corrected chi connectivity index (χ3v) is 4.36. The van der Waals surface area contributed by atoms with Crippen molar-refractivity contribution in [3.05, 3.63) is 53.8 Å². The molecule has 1 aliphatic heterocycles. The minimum Gasteiger partial charge on any atom is -0.454 e. The molecule has 0 amide bonds. The maximum atomic E-state index is 12.8. The molecular formula is C15H11FO4S. The Bertz CT molecular complexity index is 712. The minimum absolute atomic E-state index is 0.133. The van der Waals surface area contributed by atoms with Gasteiger partial charge in [0.15, 0.2) is 17.3 Å². The summed E-state index contributed by atoms with van der Waals surface area (Å²) in [7, 11) is -1.51. The summed E-state index contributed by atoms with van der Waals surface area (Å²) in [5.74, 6) is 0.263. The summed E-state index contributed by atoms with van der Waals surface area (Å²) in [6.45, 7) is 0.133. The first-order valence-corrected chi connectivity index (χ1v) is 7.52. The van der Waals surface area contributed by atoms with Crippen molar-refractivity contribution in [2.45, 2.75) is 4.90 Å². The van der Waals surface area contributed by atoms with Crippen LogP contribution in [-0.2, 0) is 10.8 Å². The second kappa shape index (κ2) is 5.65. The number of carbonyl (C=O) groups is 1. The molecule has 0 fully saturated rings. The molecule has 0 aromatic heterocycles. The molecule has 0 N–H and O–H groups in total. The van der Waals surface area contributed by atoms with Gasteiger partial charge in [0.25, 0.3) is 0 Å². The van der Waals surface area contributed by atoms with Crippen molar-refractivity contribution in [2.24, 2.45) is 0 Å². The SMILES string of the molecule is O=C(CS(=O)c1ccc(F)cc1)c1ccc2c(c1)OCO2. The van der Waals surface area contributed by atoms with E-state index in [4.69, 9.17) is 9.47 Å². The highest BCUT2D eigenvalue weighted by Crippen LogP contribution is 2.32. The second-order valence-electron chi connectivity index (χ2n) is 4.43. The number of ketones is 1. The predicted molar refractivity (Wildman–Crippen MR) is 74.6 cm³/mol. The summed E-state index contributed by atoms with van der Waals surface area (Å²) in [6.07, 6.45) is 0. The number of hydrogen-bond donors (Lipinski definition) is 0. The standard InChI is InChI=1S/C15H11FO4S/c16-11-2-4-12(5-3-11)21(18)8-13(17)10-1-6-14-15(7-10)20-9-19-14/h1-7H,8-9H2. The van der Waals surface area contributed by atoms with Gasteiger partial charge in [-0.2, -0.15) is 0 Å². The van der Waals surface area contributed by atoms with Crippen LogP contribution in [0.4, 0.5) is 4.39 Å². The van der Waals surface area contributed by atoms with Gasteiger partial charge in [0.05, 0.1) is 16.6 Å². The van der Waals surface area contributed by atoms with Gasteiger partial charge in [0.1, 0.15) is 5.82 Å². The summed E-state index contributed by atoms with van der Waals surface area (Å²) in [5, 5.41) is 0. The van der Waals surface area contributed by atoms with Crippen molar-refractivity contribution >= 4 is 16.6 Å². The lowest BCUT2D eigenvalue weighted by Crippen LogP contribution is -2.11. The van der Waals surface area contributed by atoms with E-state index in [9.17, 15) is 13.4 Å². The molecule has 1 heterocycles. The Labute approximate surface area is 123 Å². The van der Waals surface area contributed by atoms with E-state index < -0.39 is 16.6 Å². The molecule has 0 saturated carbocycles. The average Bonchev–Trinajstić information content (AvgIpc) is 2.95. The van der Waals surface area contributed by atoms with Crippen LogP contribution < -0.4 is 9.47 Å². The van der Waals surface area contributed by atoms with E-state index in [-0.39, 0.29) is 18.3 Å². The van der Waals surface area contributed by atoms with E-state index in [1.807, 2.05) is 0 Å². The van der Waals surface area contributed by atoms with Crippen LogP contribution in [0.5, 0.6) is 11.5 Å². The molecule has 6 heteroatoms. The zero-order chi connectivity index (χ0) is 14.8. The third-order valence-electron chi connectivity index (χ3n) is 3.03. The van der Waals surface area contributed by atoms with Gasteiger partial charge in [-0.25, -0.2) is 4.39 Å². The number of benzene rings is 2. The highest BCUT2D eigenvalue weighted by atomic mass is 32.2. The normalized spacial score (nSPS) is 14.0. The average molecular weight is 306 g/mol. The van der Waals surface area contributed by atoms with Crippen LogP contribution in [0.15, 0.2) is 47.4 Å². The van der Waals surface area contributed by atoms with Gasteiger partial charge in [0, 0.05) is 10.5 Å². The van der Waals surface area contributed by atoms with Crippen LogP contribution >= 0.6 is 0 Å². The van der Waals surface area contributed by atoms with Crippen molar-refractivity contribution < 1.29 is 22.9 Å². The van der Waals surface area contributed by atoms with Gasteiger partial charge in [-0.1, -0.05) is 0 Å². The number of halogens is 1. The Morgan fingerprint density at radius 1 is 1.10 bits per heavy atom. The van der Waals surface area contributed by atoms with E-state index in [0.717, 1.165) is 0 Å². The van der Waals surface area contributed by atoms with Crippen LogP contribution in [0.25, 0.3) is 0 Å². The predicted octanol–water partition coefficient (Wildman–Crippen LogP) is 2.54. The quantitative estimate of drug-likeness (QED) is 0.815. The lowest BCUT2D eigenvalue weighted by molar-refractivity contribution is 0.102. The molecule has 1 aliphatic rings. The molecule has 3 rings (SSSR count). The van der Waals surface area contributed by atoms with Crippen molar-refractivity contribution in [1.29, 1.82) is 0 Å². The number of fused-ring (bicyclic) bond motifs is 1. The van der Waals surface area contributed by atoms with Crippen molar-refractivity contribution in [1.82, 2.24) is 0 Å². The lowest BCUT2D eigenvalue weighted by atomic mass is 10.1. The Balaban J connectivity index is 1.74. The van der Waals surface area contributed by atoms with Crippen LogP contribution in [-0.4, -0.2) is 22.5 Å². The summed E-state index contributed by atoms with van der Waals surface area (Å²) in [5.41, 5.74) is 0.412. The zero-order valence-corrected chi connectivity index (χ0v) is 11.7. The van der Waals surface area contributed by atoms with Crippen LogP contribution in [0.2, 0.25) is 0 Å². The molecule has 1 atom stereocenters. The topological polar surface area (TPSA) is 52.6 Å². The fraction of sp³-hybridized carbons (Fsp3) is 0.133. The summed E-state index contributed by atoms with van der Waals surface area (Å²) < 4.78 is 35.3.